The minimum absolute atomic E-state index is 0.152. The van der Waals surface area contributed by atoms with E-state index in [-0.39, 0.29) is 24.1 Å². The number of aromatic amines is 1. The molecule has 33 heavy (non-hydrogen) atoms. The summed E-state index contributed by atoms with van der Waals surface area (Å²) >= 11 is 0. The van der Waals surface area contributed by atoms with Gasteiger partial charge in [-0.25, -0.2) is 4.39 Å². The van der Waals surface area contributed by atoms with Gasteiger partial charge in [0.05, 0.1) is 26.7 Å². The van der Waals surface area contributed by atoms with Gasteiger partial charge in [0, 0.05) is 42.7 Å². The second-order valence-electron chi connectivity index (χ2n) is 8.54. The van der Waals surface area contributed by atoms with Crippen molar-refractivity contribution in [3.63, 3.8) is 0 Å². The quantitative estimate of drug-likeness (QED) is 0.583. The number of nitrogens with one attached hydrogen (secondary N) is 1. The Hall–Kier alpha value is -3.39. The zero-order chi connectivity index (χ0) is 23.1. The van der Waals surface area contributed by atoms with Crippen molar-refractivity contribution in [1.29, 1.82) is 0 Å². The van der Waals surface area contributed by atoms with E-state index in [1.807, 2.05) is 18.2 Å². The molecule has 3 aromatic rings. The van der Waals surface area contributed by atoms with E-state index in [1.54, 1.807) is 20.3 Å². The number of benzene rings is 2. The molecule has 172 valence electrons. The van der Waals surface area contributed by atoms with Crippen molar-refractivity contribution in [2.75, 3.05) is 27.3 Å². The van der Waals surface area contributed by atoms with Crippen molar-refractivity contribution in [2.24, 2.45) is 0 Å². The Bertz CT molecular complexity index is 1240. The van der Waals surface area contributed by atoms with E-state index in [0.717, 1.165) is 34.1 Å². The van der Waals surface area contributed by atoms with Crippen LogP contribution in [-0.2, 0) is 29.0 Å². The molecule has 7 nitrogen and oxygen atoms in total. The molecule has 1 saturated heterocycles. The van der Waals surface area contributed by atoms with E-state index < -0.39 is 6.04 Å². The Morgan fingerprint density at radius 3 is 2.70 bits per heavy atom. The summed E-state index contributed by atoms with van der Waals surface area (Å²) in [6.07, 6.45) is 1.45. The smallest absolute Gasteiger partial charge is 0.247 e. The lowest BCUT2D eigenvalue weighted by atomic mass is 10.0. The fourth-order valence-electron chi connectivity index (χ4n) is 4.94. The van der Waals surface area contributed by atoms with Gasteiger partial charge in [-0.3, -0.25) is 19.4 Å². The van der Waals surface area contributed by atoms with Crippen LogP contribution in [0.2, 0.25) is 0 Å². The van der Waals surface area contributed by atoms with Gasteiger partial charge in [-0.15, -0.1) is 0 Å². The van der Waals surface area contributed by atoms with Crippen LogP contribution in [0, 0.1) is 5.82 Å². The maximum Gasteiger partial charge on any atom is 0.247 e. The summed E-state index contributed by atoms with van der Waals surface area (Å²) in [6.45, 7) is 1.52. The Kier molecular flexibility index (Phi) is 5.54. The van der Waals surface area contributed by atoms with E-state index >= 15 is 0 Å². The summed E-state index contributed by atoms with van der Waals surface area (Å²) in [5, 5.41) is 0.844. The van der Waals surface area contributed by atoms with Crippen LogP contribution in [0.15, 0.2) is 36.4 Å². The van der Waals surface area contributed by atoms with Gasteiger partial charge in [0.15, 0.2) is 11.5 Å². The predicted molar refractivity (Wildman–Crippen MR) is 121 cm³/mol. The van der Waals surface area contributed by atoms with Crippen LogP contribution in [0.25, 0.3) is 10.9 Å². The third-order valence-electron chi connectivity index (χ3n) is 6.70. The number of hydrogen-bond acceptors (Lipinski definition) is 5. The van der Waals surface area contributed by atoms with Gasteiger partial charge in [0.1, 0.15) is 5.82 Å². The van der Waals surface area contributed by atoms with Crippen LogP contribution in [0.1, 0.15) is 23.2 Å². The molecule has 1 unspecified atom stereocenters. The number of hydrogen-bond donors (Lipinski definition) is 1. The maximum absolute atomic E-state index is 13.8. The van der Waals surface area contributed by atoms with Gasteiger partial charge in [0.25, 0.3) is 0 Å². The summed E-state index contributed by atoms with van der Waals surface area (Å²) in [6, 6.07) is 9.83. The largest absolute Gasteiger partial charge is 0.493 e. The number of halogens is 1. The molecule has 0 bridgehead atoms. The number of aromatic nitrogens is 1. The zero-order valence-electron chi connectivity index (χ0n) is 18.7. The first-order valence-electron chi connectivity index (χ1n) is 11.1. The highest BCUT2D eigenvalue weighted by atomic mass is 19.1. The minimum atomic E-state index is -0.477. The van der Waals surface area contributed by atoms with Crippen LogP contribution >= 0.6 is 0 Å². The first-order chi connectivity index (χ1) is 16.0. The number of methoxy groups -OCH3 is 2. The zero-order valence-corrected chi connectivity index (χ0v) is 18.7. The molecule has 2 aliphatic rings. The maximum atomic E-state index is 13.8. The third kappa shape index (κ3) is 3.84. The molecule has 0 saturated carbocycles. The number of nitrogens with zero attached hydrogens (tertiary/aromatic N) is 2. The number of carbonyl (C=O) groups excluding carboxylic acids is 2. The molecule has 1 fully saturated rings. The topological polar surface area (TPSA) is 74.9 Å². The lowest BCUT2D eigenvalue weighted by Gasteiger charge is -2.31. The molecule has 1 aromatic heterocycles. The van der Waals surface area contributed by atoms with E-state index in [9.17, 15) is 14.0 Å². The van der Waals surface area contributed by atoms with Crippen LogP contribution < -0.4 is 9.47 Å². The lowest BCUT2D eigenvalue weighted by molar-refractivity contribution is -0.139. The van der Waals surface area contributed by atoms with E-state index in [1.165, 1.54) is 17.0 Å². The SMILES string of the molecule is COc1ccc(CCN2C(=O)CC(N3CCc4[nH]c5ccc(F)cc5c4C3)C2=O)cc1OC. The van der Waals surface area contributed by atoms with Gasteiger partial charge in [0.2, 0.25) is 11.8 Å². The molecule has 8 heteroatoms. The number of imide groups is 1. The summed E-state index contributed by atoms with van der Waals surface area (Å²) in [5.74, 6) is 0.661. The van der Waals surface area contributed by atoms with Crippen molar-refractivity contribution in [3.05, 3.63) is 59.0 Å². The van der Waals surface area contributed by atoms with Crippen molar-refractivity contribution in [1.82, 2.24) is 14.8 Å². The monoisotopic (exact) mass is 451 g/mol. The van der Waals surface area contributed by atoms with Gasteiger partial charge in [-0.2, -0.15) is 0 Å². The molecular formula is C25H26FN3O4. The van der Waals surface area contributed by atoms with Crippen LogP contribution in [0.4, 0.5) is 4.39 Å². The second-order valence-corrected chi connectivity index (χ2v) is 8.54. The van der Waals surface area contributed by atoms with E-state index in [0.29, 0.717) is 37.6 Å². The van der Waals surface area contributed by atoms with Crippen LogP contribution in [0.5, 0.6) is 11.5 Å². The molecule has 2 aromatic carbocycles. The lowest BCUT2D eigenvalue weighted by Crippen LogP contribution is -2.44. The molecule has 2 aliphatic heterocycles. The highest BCUT2D eigenvalue weighted by Crippen LogP contribution is 2.32. The average Bonchev–Trinajstić information content (AvgIpc) is 3.33. The number of rotatable bonds is 6. The van der Waals surface area contributed by atoms with Crippen molar-refractivity contribution in [3.8, 4) is 11.5 Å². The van der Waals surface area contributed by atoms with Crippen molar-refractivity contribution < 1.29 is 23.5 Å². The molecule has 0 radical (unpaired) electrons. The number of H-pyrrole nitrogens is 1. The predicted octanol–water partition coefficient (Wildman–Crippen LogP) is 3.05. The first-order valence-corrected chi connectivity index (χ1v) is 11.1. The highest BCUT2D eigenvalue weighted by molar-refractivity contribution is 6.05. The standard InChI is InChI=1S/C25H26FN3O4/c1-32-22-6-3-15(11-23(22)33-2)7-10-29-24(30)13-21(25(29)31)28-9-8-20-18(14-28)17-12-16(26)4-5-19(17)27-20/h3-6,11-12,21,27H,7-10,13-14H2,1-2H3. The number of carbonyl (C=O) groups is 2. The first kappa shape index (κ1) is 21.5. The Morgan fingerprint density at radius 2 is 1.91 bits per heavy atom. The molecule has 5 rings (SSSR count). The Morgan fingerprint density at radius 1 is 1.09 bits per heavy atom. The Balaban J connectivity index is 1.29. The number of amides is 2. The number of ether oxygens (including phenoxy) is 2. The van der Waals surface area contributed by atoms with Crippen molar-refractivity contribution in [2.45, 2.75) is 31.8 Å². The molecule has 2 amide bonds. The molecule has 0 spiro atoms. The average molecular weight is 451 g/mol. The molecule has 1 atom stereocenters. The van der Waals surface area contributed by atoms with Crippen LogP contribution in [-0.4, -0.2) is 59.9 Å². The third-order valence-corrected chi connectivity index (χ3v) is 6.70. The summed E-state index contributed by atoms with van der Waals surface area (Å²) in [5.41, 5.74) is 3.95. The Labute approximate surface area is 191 Å². The van der Waals surface area contributed by atoms with Gasteiger partial charge < -0.3 is 14.5 Å². The molecule has 1 N–H and O–H groups in total. The fraction of sp³-hybridized carbons (Fsp3) is 0.360. The normalized spacial score (nSPS) is 18.8. The summed E-state index contributed by atoms with van der Waals surface area (Å²) < 4.78 is 24.4. The molecular weight excluding hydrogens is 425 g/mol. The van der Waals surface area contributed by atoms with Crippen LogP contribution in [0.3, 0.4) is 0 Å². The molecule has 3 heterocycles. The minimum Gasteiger partial charge on any atom is -0.493 e. The molecule has 0 aliphatic carbocycles. The number of likely N-dealkylation sites (tertiary alicyclic amines) is 1. The fourth-order valence-corrected chi connectivity index (χ4v) is 4.94. The summed E-state index contributed by atoms with van der Waals surface area (Å²) in [7, 11) is 3.15. The second kappa shape index (κ2) is 8.51. The number of fused-ring (bicyclic) bond motifs is 3. The van der Waals surface area contributed by atoms with E-state index in [4.69, 9.17) is 9.47 Å². The van der Waals surface area contributed by atoms with E-state index in [2.05, 4.69) is 9.88 Å². The van der Waals surface area contributed by atoms with Gasteiger partial charge in [-0.1, -0.05) is 6.07 Å². The summed E-state index contributed by atoms with van der Waals surface area (Å²) in [4.78, 5) is 32.7. The van der Waals surface area contributed by atoms with Gasteiger partial charge >= 0.3 is 0 Å². The highest BCUT2D eigenvalue weighted by Gasteiger charge is 2.42. The van der Waals surface area contributed by atoms with Crippen molar-refractivity contribution >= 4 is 22.7 Å². The van der Waals surface area contributed by atoms with Gasteiger partial charge in [-0.05, 0) is 47.9 Å².